The average molecular weight is 288 g/mol. The van der Waals surface area contributed by atoms with Crippen LogP contribution in [0.1, 0.15) is 18.9 Å². The first kappa shape index (κ1) is 14.3. The summed E-state index contributed by atoms with van der Waals surface area (Å²) in [6.45, 7) is 1.21. The van der Waals surface area contributed by atoms with Crippen LogP contribution in [0.25, 0.3) is 0 Å². The summed E-state index contributed by atoms with van der Waals surface area (Å²) < 4.78 is 38.0. The molecular formula is C12H11F3N2O3. The van der Waals surface area contributed by atoms with Crippen LogP contribution >= 0.6 is 0 Å². The van der Waals surface area contributed by atoms with Gasteiger partial charge < -0.3 is 4.90 Å². The second kappa shape index (κ2) is 4.19. The SMILES string of the molecule is CN1C(=O)C(C)(CC(F)(F)F)c2ccc([N+](=O)[O-])cc21. The number of nitro groups is 1. The largest absolute Gasteiger partial charge is 0.390 e. The molecule has 1 aliphatic heterocycles. The highest BCUT2D eigenvalue weighted by atomic mass is 19.4. The van der Waals surface area contributed by atoms with E-state index in [1.165, 1.54) is 20.0 Å². The molecule has 8 heteroatoms. The Hall–Kier alpha value is -2.12. The monoisotopic (exact) mass is 288 g/mol. The number of amides is 1. The fourth-order valence-electron chi connectivity index (χ4n) is 2.54. The number of hydrogen-bond donors (Lipinski definition) is 0. The zero-order valence-electron chi connectivity index (χ0n) is 10.7. The van der Waals surface area contributed by atoms with Crippen LogP contribution in [-0.2, 0) is 10.2 Å². The van der Waals surface area contributed by atoms with Crippen LogP contribution in [-0.4, -0.2) is 24.1 Å². The van der Waals surface area contributed by atoms with Crippen LogP contribution in [0.4, 0.5) is 24.5 Å². The van der Waals surface area contributed by atoms with Crippen LogP contribution in [0.3, 0.4) is 0 Å². The lowest BCUT2D eigenvalue weighted by Gasteiger charge is -2.24. The van der Waals surface area contributed by atoms with Crippen molar-refractivity contribution >= 4 is 17.3 Å². The van der Waals surface area contributed by atoms with Gasteiger partial charge in [0.2, 0.25) is 5.91 Å². The normalized spacial score (nSPS) is 22.1. The number of nitrogens with zero attached hydrogens (tertiary/aromatic N) is 2. The number of anilines is 1. The Balaban J connectivity index is 2.56. The molecule has 1 amide bonds. The molecule has 1 atom stereocenters. The topological polar surface area (TPSA) is 63.5 Å². The van der Waals surface area contributed by atoms with Crippen molar-refractivity contribution in [1.29, 1.82) is 0 Å². The van der Waals surface area contributed by atoms with Crippen LogP contribution in [0.5, 0.6) is 0 Å². The maximum Gasteiger partial charge on any atom is 0.390 e. The summed E-state index contributed by atoms with van der Waals surface area (Å²) in [4.78, 5) is 23.2. The van der Waals surface area contributed by atoms with E-state index in [0.29, 0.717) is 0 Å². The molecule has 1 aliphatic rings. The Kier molecular flexibility index (Phi) is 2.99. The smallest absolute Gasteiger partial charge is 0.314 e. The van der Waals surface area contributed by atoms with Crippen LogP contribution < -0.4 is 4.90 Å². The third kappa shape index (κ3) is 2.10. The van der Waals surface area contributed by atoms with Crippen LogP contribution in [0.2, 0.25) is 0 Å². The summed E-state index contributed by atoms with van der Waals surface area (Å²) in [5.41, 5.74) is -1.69. The Labute approximate surface area is 112 Å². The Morgan fingerprint density at radius 2 is 2.00 bits per heavy atom. The van der Waals surface area contributed by atoms with Crippen molar-refractivity contribution in [3.63, 3.8) is 0 Å². The van der Waals surface area contributed by atoms with E-state index in [2.05, 4.69) is 0 Å². The molecule has 20 heavy (non-hydrogen) atoms. The van der Waals surface area contributed by atoms with E-state index in [-0.39, 0.29) is 16.9 Å². The van der Waals surface area contributed by atoms with E-state index in [9.17, 15) is 28.1 Å². The standard InChI is InChI=1S/C12H11F3N2O3/c1-11(6-12(13,14)15)8-4-3-7(17(19)20)5-9(8)16(2)10(11)18/h3-5H,6H2,1-2H3. The molecule has 1 unspecified atom stereocenters. The zero-order chi connectivity index (χ0) is 15.3. The first-order chi connectivity index (χ1) is 9.06. The van der Waals surface area contributed by atoms with Crippen molar-refractivity contribution in [2.45, 2.75) is 24.9 Å². The Morgan fingerprint density at radius 1 is 1.40 bits per heavy atom. The van der Waals surface area contributed by atoms with Gasteiger partial charge in [0.25, 0.3) is 5.69 Å². The summed E-state index contributed by atoms with van der Waals surface area (Å²) >= 11 is 0. The lowest BCUT2D eigenvalue weighted by molar-refractivity contribution is -0.384. The van der Waals surface area contributed by atoms with Crippen molar-refractivity contribution in [2.24, 2.45) is 0 Å². The quantitative estimate of drug-likeness (QED) is 0.621. The third-order valence-corrected chi connectivity index (χ3v) is 3.48. The molecule has 0 N–H and O–H groups in total. The van der Waals surface area contributed by atoms with E-state index in [1.807, 2.05) is 0 Å². The van der Waals surface area contributed by atoms with Crippen molar-refractivity contribution < 1.29 is 22.9 Å². The van der Waals surface area contributed by atoms with E-state index in [4.69, 9.17) is 0 Å². The number of carbonyl (C=O) groups excluding carboxylic acids is 1. The average Bonchev–Trinajstić information content (AvgIpc) is 2.49. The van der Waals surface area contributed by atoms with Crippen molar-refractivity contribution in [3.05, 3.63) is 33.9 Å². The zero-order valence-corrected chi connectivity index (χ0v) is 10.7. The number of non-ortho nitro benzene ring substituents is 1. The van der Waals surface area contributed by atoms with Crippen molar-refractivity contribution in [3.8, 4) is 0 Å². The molecule has 0 bridgehead atoms. The van der Waals surface area contributed by atoms with Crippen molar-refractivity contribution in [1.82, 2.24) is 0 Å². The lowest BCUT2D eigenvalue weighted by Crippen LogP contribution is -2.39. The summed E-state index contributed by atoms with van der Waals surface area (Å²) in [6, 6.07) is 3.45. The number of likely N-dealkylation sites (N-methyl/N-ethyl adjacent to an activating group) is 1. The lowest BCUT2D eigenvalue weighted by atomic mass is 9.80. The second-order valence-corrected chi connectivity index (χ2v) is 4.95. The van der Waals surface area contributed by atoms with Gasteiger partial charge in [0, 0.05) is 19.2 Å². The molecule has 0 fully saturated rings. The molecule has 0 radical (unpaired) electrons. The minimum atomic E-state index is -4.51. The number of fused-ring (bicyclic) bond motifs is 1. The number of halogens is 3. The molecule has 1 heterocycles. The fraction of sp³-hybridized carbons (Fsp3) is 0.417. The molecule has 0 aliphatic carbocycles. The molecule has 0 saturated heterocycles. The molecule has 0 spiro atoms. The van der Waals surface area contributed by atoms with Gasteiger partial charge in [-0.05, 0) is 18.6 Å². The predicted octanol–water partition coefficient (Wildman–Crippen LogP) is 2.78. The van der Waals surface area contributed by atoms with Gasteiger partial charge in [0.15, 0.2) is 0 Å². The summed E-state index contributed by atoms with van der Waals surface area (Å²) in [7, 11) is 1.31. The number of benzene rings is 1. The Morgan fingerprint density at radius 3 is 2.50 bits per heavy atom. The van der Waals surface area contributed by atoms with E-state index < -0.39 is 28.8 Å². The van der Waals surface area contributed by atoms with E-state index in [0.717, 1.165) is 17.0 Å². The third-order valence-electron chi connectivity index (χ3n) is 3.48. The van der Waals surface area contributed by atoms with Gasteiger partial charge in [-0.2, -0.15) is 13.2 Å². The van der Waals surface area contributed by atoms with Gasteiger partial charge in [0.1, 0.15) is 0 Å². The van der Waals surface area contributed by atoms with E-state index in [1.54, 1.807) is 0 Å². The summed E-state index contributed by atoms with van der Waals surface area (Å²) in [5.74, 6) is -0.717. The van der Waals surface area contributed by atoms with Crippen LogP contribution in [0, 0.1) is 10.1 Å². The second-order valence-electron chi connectivity index (χ2n) is 4.95. The molecule has 108 valence electrons. The van der Waals surface area contributed by atoms with Gasteiger partial charge in [-0.25, -0.2) is 0 Å². The van der Waals surface area contributed by atoms with Crippen molar-refractivity contribution in [2.75, 3.05) is 11.9 Å². The first-order valence-corrected chi connectivity index (χ1v) is 5.70. The maximum atomic E-state index is 12.7. The Bertz CT molecular complexity index is 600. The van der Waals surface area contributed by atoms with Gasteiger partial charge in [-0.3, -0.25) is 14.9 Å². The summed E-state index contributed by atoms with van der Waals surface area (Å²) in [6.07, 6.45) is -5.80. The molecular weight excluding hydrogens is 277 g/mol. The number of hydrogen-bond acceptors (Lipinski definition) is 3. The molecule has 5 nitrogen and oxygen atoms in total. The predicted molar refractivity (Wildman–Crippen MR) is 64.5 cm³/mol. The van der Waals surface area contributed by atoms with Gasteiger partial charge in [-0.1, -0.05) is 0 Å². The summed E-state index contributed by atoms with van der Waals surface area (Å²) in [5, 5.41) is 10.7. The highest BCUT2D eigenvalue weighted by Gasteiger charge is 2.52. The molecule has 1 aromatic rings. The molecule has 0 aromatic heterocycles. The number of carbonyl (C=O) groups is 1. The number of alkyl halides is 3. The molecule has 1 aromatic carbocycles. The number of nitro benzene ring substituents is 1. The van der Waals surface area contributed by atoms with Gasteiger partial charge >= 0.3 is 6.18 Å². The molecule has 2 rings (SSSR count). The highest BCUT2D eigenvalue weighted by molar-refractivity contribution is 6.07. The maximum absolute atomic E-state index is 12.7. The number of rotatable bonds is 2. The van der Waals surface area contributed by atoms with Gasteiger partial charge in [-0.15, -0.1) is 0 Å². The highest BCUT2D eigenvalue weighted by Crippen LogP contribution is 2.47. The minimum Gasteiger partial charge on any atom is -0.314 e. The molecule has 0 saturated carbocycles. The van der Waals surface area contributed by atoms with Crippen LogP contribution in [0.15, 0.2) is 18.2 Å². The minimum absolute atomic E-state index is 0.149. The first-order valence-electron chi connectivity index (χ1n) is 5.70. The van der Waals surface area contributed by atoms with E-state index >= 15 is 0 Å². The van der Waals surface area contributed by atoms with Gasteiger partial charge in [0.05, 0.1) is 22.4 Å². The fourth-order valence-corrected chi connectivity index (χ4v) is 2.54.